The van der Waals surface area contributed by atoms with Crippen LogP contribution in [0, 0.1) is 24.2 Å². The molecular weight excluding hydrogens is 198 g/mol. The maximum Gasteiger partial charge on any atom is 0.145 e. The summed E-state index contributed by atoms with van der Waals surface area (Å²) in [5.41, 5.74) is 0.980. The quantitative estimate of drug-likeness (QED) is 0.833. The van der Waals surface area contributed by atoms with Crippen molar-refractivity contribution in [1.29, 1.82) is 5.26 Å². The lowest BCUT2D eigenvalue weighted by molar-refractivity contribution is 0.783. The van der Waals surface area contributed by atoms with E-state index >= 15 is 0 Å². The third-order valence-electron chi connectivity index (χ3n) is 1.88. The second kappa shape index (κ2) is 4.83. The van der Waals surface area contributed by atoms with Gasteiger partial charge in [0, 0.05) is 12.7 Å². The molecule has 4 heteroatoms. The molecule has 0 saturated heterocycles. The number of nitrogens with zero attached hydrogens (tertiary/aromatic N) is 2. The van der Waals surface area contributed by atoms with Crippen molar-refractivity contribution in [1.82, 2.24) is 4.98 Å². The highest BCUT2D eigenvalue weighted by Gasteiger charge is 2.05. The summed E-state index contributed by atoms with van der Waals surface area (Å²) in [6.45, 7) is 4.33. The van der Waals surface area contributed by atoms with E-state index in [0.717, 1.165) is 5.56 Å². The number of aryl methyl sites for hydroxylation is 1. The third-order valence-corrected chi connectivity index (χ3v) is 2.36. The van der Waals surface area contributed by atoms with Crippen molar-refractivity contribution in [2.24, 2.45) is 5.92 Å². The molecule has 0 amide bonds. The lowest BCUT2D eigenvalue weighted by Gasteiger charge is -2.09. The Balaban J connectivity index is 2.69. The molecule has 0 fully saturated rings. The van der Waals surface area contributed by atoms with E-state index in [9.17, 15) is 0 Å². The Labute approximate surface area is 88.7 Å². The van der Waals surface area contributed by atoms with Gasteiger partial charge in [0.05, 0.1) is 17.0 Å². The van der Waals surface area contributed by atoms with Crippen LogP contribution in [0.25, 0.3) is 0 Å². The number of nitriles is 1. The predicted octanol–water partition coefficient (Wildman–Crippen LogP) is 2.62. The molecule has 0 aliphatic heterocycles. The Morgan fingerprint density at radius 2 is 2.43 bits per heavy atom. The van der Waals surface area contributed by atoms with Crippen molar-refractivity contribution in [3.63, 3.8) is 0 Å². The third kappa shape index (κ3) is 2.61. The first kappa shape index (κ1) is 10.8. The molecule has 0 aromatic carbocycles. The Bertz CT molecular complexity index is 357. The van der Waals surface area contributed by atoms with E-state index in [1.165, 1.54) is 0 Å². The molecule has 0 bridgehead atoms. The van der Waals surface area contributed by atoms with Crippen LogP contribution in [0.1, 0.15) is 12.5 Å². The van der Waals surface area contributed by atoms with Crippen LogP contribution in [-0.4, -0.2) is 11.5 Å². The summed E-state index contributed by atoms with van der Waals surface area (Å²) in [6, 6.07) is 3.98. The van der Waals surface area contributed by atoms with Gasteiger partial charge in [0.1, 0.15) is 5.82 Å². The number of hydrogen-bond donors (Lipinski definition) is 1. The number of aromatic nitrogens is 1. The maximum atomic E-state index is 8.59. The molecule has 3 nitrogen and oxygen atoms in total. The summed E-state index contributed by atoms with van der Waals surface area (Å²) in [6.07, 6.45) is 1.70. The SMILES string of the molecule is Cc1ccnc(NCC(C)C#N)c1Cl. The number of nitrogens with one attached hydrogen (secondary N) is 1. The van der Waals surface area contributed by atoms with Gasteiger partial charge in [-0.05, 0) is 25.5 Å². The van der Waals surface area contributed by atoms with Crippen molar-refractivity contribution < 1.29 is 0 Å². The molecule has 1 aromatic rings. The molecule has 0 spiro atoms. The monoisotopic (exact) mass is 209 g/mol. The Morgan fingerprint density at radius 3 is 3.07 bits per heavy atom. The van der Waals surface area contributed by atoms with E-state index in [0.29, 0.717) is 17.4 Å². The fourth-order valence-electron chi connectivity index (χ4n) is 0.959. The van der Waals surface area contributed by atoms with Crippen LogP contribution in [-0.2, 0) is 0 Å². The summed E-state index contributed by atoms with van der Waals surface area (Å²) in [5, 5.41) is 12.3. The second-order valence-electron chi connectivity index (χ2n) is 3.20. The molecular formula is C10H12ClN3. The highest BCUT2D eigenvalue weighted by atomic mass is 35.5. The lowest BCUT2D eigenvalue weighted by Crippen LogP contribution is -2.10. The molecule has 1 aromatic heterocycles. The van der Waals surface area contributed by atoms with E-state index < -0.39 is 0 Å². The highest BCUT2D eigenvalue weighted by Crippen LogP contribution is 2.22. The molecule has 0 radical (unpaired) electrons. The second-order valence-corrected chi connectivity index (χ2v) is 3.58. The lowest BCUT2D eigenvalue weighted by atomic mass is 10.2. The van der Waals surface area contributed by atoms with Crippen molar-refractivity contribution in [2.75, 3.05) is 11.9 Å². The van der Waals surface area contributed by atoms with E-state index in [1.54, 1.807) is 6.20 Å². The number of pyridine rings is 1. The van der Waals surface area contributed by atoms with Crippen LogP contribution in [0.15, 0.2) is 12.3 Å². The van der Waals surface area contributed by atoms with Crippen molar-refractivity contribution in [3.8, 4) is 6.07 Å². The van der Waals surface area contributed by atoms with Gasteiger partial charge in [0.2, 0.25) is 0 Å². The zero-order valence-electron chi connectivity index (χ0n) is 8.21. The summed E-state index contributed by atoms with van der Waals surface area (Å²) in [7, 11) is 0. The smallest absolute Gasteiger partial charge is 0.145 e. The van der Waals surface area contributed by atoms with Gasteiger partial charge in [0.15, 0.2) is 0 Å². The number of halogens is 1. The van der Waals surface area contributed by atoms with Crippen LogP contribution in [0.5, 0.6) is 0 Å². The fourth-order valence-corrected chi connectivity index (χ4v) is 1.14. The molecule has 0 aliphatic carbocycles. The fraction of sp³-hybridized carbons (Fsp3) is 0.400. The summed E-state index contributed by atoms with van der Waals surface area (Å²) in [4.78, 5) is 4.09. The van der Waals surface area contributed by atoms with Crippen molar-refractivity contribution in [2.45, 2.75) is 13.8 Å². The van der Waals surface area contributed by atoms with E-state index in [-0.39, 0.29) is 5.92 Å². The zero-order valence-corrected chi connectivity index (χ0v) is 8.97. The minimum atomic E-state index is -0.0478. The first-order valence-electron chi connectivity index (χ1n) is 4.39. The number of anilines is 1. The molecule has 0 saturated carbocycles. The average Bonchev–Trinajstić information content (AvgIpc) is 2.20. The first-order chi connectivity index (χ1) is 6.65. The Hall–Kier alpha value is -1.27. The normalized spacial score (nSPS) is 11.9. The van der Waals surface area contributed by atoms with E-state index in [4.69, 9.17) is 16.9 Å². The Morgan fingerprint density at radius 1 is 1.71 bits per heavy atom. The van der Waals surface area contributed by atoms with E-state index in [2.05, 4.69) is 16.4 Å². The van der Waals surface area contributed by atoms with Gasteiger partial charge in [0.25, 0.3) is 0 Å². The van der Waals surface area contributed by atoms with Crippen molar-refractivity contribution >= 4 is 17.4 Å². The summed E-state index contributed by atoms with van der Waals surface area (Å²) >= 11 is 6.01. The summed E-state index contributed by atoms with van der Waals surface area (Å²) < 4.78 is 0. The molecule has 1 unspecified atom stereocenters. The molecule has 14 heavy (non-hydrogen) atoms. The van der Waals surface area contributed by atoms with Crippen LogP contribution in [0.4, 0.5) is 5.82 Å². The molecule has 1 heterocycles. The van der Waals surface area contributed by atoms with Crippen LogP contribution in [0.3, 0.4) is 0 Å². The van der Waals surface area contributed by atoms with Crippen LogP contribution < -0.4 is 5.32 Å². The van der Waals surface area contributed by atoms with E-state index in [1.807, 2.05) is 19.9 Å². The molecule has 1 N–H and O–H groups in total. The van der Waals surface area contributed by atoms with Crippen LogP contribution >= 0.6 is 11.6 Å². The van der Waals surface area contributed by atoms with Gasteiger partial charge in [-0.3, -0.25) is 0 Å². The van der Waals surface area contributed by atoms with Gasteiger partial charge in [-0.15, -0.1) is 0 Å². The molecule has 1 rings (SSSR count). The molecule has 74 valence electrons. The zero-order chi connectivity index (χ0) is 10.6. The highest BCUT2D eigenvalue weighted by molar-refractivity contribution is 6.33. The summed E-state index contributed by atoms with van der Waals surface area (Å²) in [5.74, 6) is 0.599. The Kier molecular flexibility index (Phi) is 3.73. The largest absolute Gasteiger partial charge is 0.368 e. The average molecular weight is 210 g/mol. The van der Waals surface area contributed by atoms with Gasteiger partial charge in [-0.25, -0.2) is 4.98 Å². The van der Waals surface area contributed by atoms with Gasteiger partial charge >= 0.3 is 0 Å². The minimum Gasteiger partial charge on any atom is -0.368 e. The molecule has 0 aliphatic rings. The first-order valence-corrected chi connectivity index (χ1v) is 4.77. The maximum absolute atomic E-state index is 8.59. The van der Waals surface area contributed by atoms with Crippen LogP contribution in [0.2, 0.25) is 5.02 Å². The number of hydrogen-bond acceptors (Lipinski definition) is 3. The number of rotatable bonds is 3. The topological polar surface area (TPSA) is 48.7 Å². The predicted molar refractivity (Wildman–Crippen MR) is 57.3 cm³/mol. The standard InChI is InChI=1S/C10H12ClN3/c1-7(5-12)6-14-10-9(11)8(2)3-4-13-10/h3-4,7H,6H2,1-2H3,(H,13,14). The van der Waals surface area contributed by atoms with Gasteiger partial charge < -0.3 is 5.32 Å². The molecule has 1 atom stereocenters. The van der Waals surface area contributed by atoms with Gasteiger partial charge in [-0.1, -0.05) is 11.6 Å². The van der Waals surface area contributed by atoms with Crippen molar-refractivity contribution in [3.05, 3.63) is 22.8 Å². The van der Waals surface area contributed by atoms with Gasteiger partial charge in [-0.2, -0.15) is 5.26 Å². The minimum absolute atomic E-state index is 0.0478.